The van der Waals surface area contributed by atoms with E-state index in [2.05, 4.69) is 15.0 Å². The number of imidazole rings is 1. The van der Waals surface area contributed by atoms with Crippen molar-refractivity contribution in [3.63, 3.8) is 0 Å². The molecule has 0 spiro atoms. The lowest BCUT2D eigenvalue weighted by Crippen LogP contribution is -2.33. The number of fused-ring (bicyclic) bond motifs is 1. The molecule has 1 aliphatic heterocycles. The third kappa shape index (κ3) is 2.21. The van der Waals surface area contributed by atoms with Crippen molar-refractivity contribution < 1.29 is 25.3 Å². The van der Waals surface area contributed by atoms with E-state index in [1.807, 2.05) is 5.48 Å². The maximum Gasteiger partial charge on any atom is 0.226 e. The quantitative estimate of drug-likeness (QED) is 0.351. The Morgan fingerprint density at radius 2 is 2.10 bits per heavy atom. The average Bonchev–Trinajstić information content (AvgIpc) is 3.01. The number of aromatic nitrogens is 4. The van der Waals surface area contributed by atoms with Gasteiger partial charge >= 0.3 is 0 Å². The fraction of sp³-hybridized carbons (Fsp3) is 0.500. The van der Waals surface area contributed by atoms with Gasteiger partial charge in [-0.25, -0.2) is 4.98 Å². The molecule has 5 N–H and O–H groups in total. The van der Waals surface area contributed by atoms with Crippen molar-refractivity contribution in [2.24, 2.45) is 0 Å². The number of hydrogen-bond acceptors (Lipinski definition) is 9. The minimum absolute atomic E-state index is 0.00417. The first-order valence-electron chi connectivity index (χ1n) is 5.99. The largest absolute Gasteiger partial charge is 0.394 e. The fourth-order valence-electron chi connectivity index (χ4n) is 2.26. The molecule has 0 saturated carbocycles. The lowest BCUT2D eigenvalue weighted by atomic mass is 10.1. The summed E-state index contributed by atoms with van der Waals surface area (Å²) in [7, 11) is 0. The van der Waals surface area contributed by atoms with E-state index in [0.29, 0.717) is 0 Å². The number of halogens is 1. The van der Waals surface area contributed by atoms with Gasteiger partial charge in [0.05, 0.1) is 12.9 Å². The normalized spacial score (nSPS) is 29.2. The van der Waals surface area contributed by atoms with Gasteiger partial charge in [-0.05, 0) is 11.6 Å². The predicted molar refractivity (Wildman–Crippen MR) is 68.8 cm³/mol. The molecule has 10 nitrogen and oxygen atoms in total. The van der Waals surface area contributed by atoms with Gasteiger partial charge in [0.15, 0.2) is 23.2 Å². The summed E-state index contributed by atoms with van der Waals surface area (Å²) in [6, 6.07) is 0. The zero-order valence-corrected chi connectivity index (χ0v) is 11.2. The summed E-state index contributed by atoms with van der Waals surface area (Å²) in [5.74, 6) is -0.00417. The number of nitrogens with zero attached hydrogens (tertiary/aromatic N) is 4. The second-order valence-electron chi connectivity index (χ2n) is 4.51. The van der Waals surface area contributed by atoms with Crippen molar-refractivity contribution in [2.45, 2.75) is 24.5 Å². The molecule has 2 aromatic heterocycles. The first-order valence-corrected chi connectivity index (χ1v) is 6.37. The minimum Gasteiger partial charge on any atom is -0.394 e. The van der Waals surface area contributed by atoms with Crippen LogP contribution in [0, 0.1) is 0 Å². The first kappa shape index (κ1) is 14.4. The highest BCUT2D eigenvalue weighted by molar-refractivity contribution is 6.28. The molecular formula is C10H12ClN5O5. The van der Waals surface area contributed by atoms with E-state index in [4.69, 9.17) is 26.7 Å². The Labute approximate surface area is 122 Å². The predicted octanol–water partition coefficient (Wildman–Crippen LogP) is -1.11. The summed E-state index contributed by atoms with van der Waals surface area (Å²) < 4.78 is 6.73. The van der Waals surface area contributed by atoms with E-state index in [-0.39, 0.29) is 22.3 Å². The molecule has 0 aliphatic carbocycles. The van der Waals surface area contributed by atoms with Gasteiger partial charge in [-0.1, -0.05) is 0 Å². The highest BCUT2D eigenvalue weighted by atomic mass is 35.5. The summed E-state index contributed by atoms with van der Waals surface area (Å²) in [6.45, 7) is -0.444. The van der Waals surface area contributed by atoms with Crippen LogP contribution in [0.25, 0.3) is 11.2 Å². The molecule has 1 fully saturated rings. The molecule has 4 atom stereocenters. The van der Waals surface area contributed by atoms with Gasteiger partial charge in [0.1, 0.15) is 18.3 Å². The number of anilines is 1. The lowest BCUT2D eigenvalue weighted by molar-refractivity contribution is -0.0511. The van der Waals surface area contributed by atoms with Crippen LogP contribution in [-0.4, -0.2) is 65.0 Å². The van der Waals surface area contributed by atoms with Crippen molar-refractivity contribution in [1.82, 2.24) is 19.5 Å². The van der Waals surface area contributed by atoms with Crippen LogP contribution in [0.15, 0.2) is 6.33 Å². The first-order chi connectivity index (χ1) is 10.1. The van der Waals surface area contributed by atoms with Gasteiger partial charge in [0.25, 0.3) is 0 Å². The van der Waals surface area contributed by atoms with Crippen LogP contribution in [0.4, 0.5) is 5.82 Å². The third-order valence-corrected chi connectivity index (χ3v) is 3.46. The Kier molecular flexibility index (Phi) is 3.65. The van der Waals surface area contributed by atoms with Crippen molar-refractivity contribution >= 4 is 28.6 Å². The fourth-order valence-corrected chi connectivity index (χ4v) is 2.43. The molecule has 0 unspecified atom stereocenters. The summed E-state index contributed by atoms with van der Waals surface area (Å²) >= 11 is 5.75. The molecule has 0 aromatic carbocycles. The monoisotopic (exact) mass is 317 g/mol. The standard InChI is InChI=1S/C10H12ClN5O5/c11-10-13-7(15-20)4-8(14-10)16(2-12-4)9-6(19)5(18)3(1-17)21-9/h2-3,5-6,9,17-20H,1H2,(H,13,14,15)/t3-,5-,6-,9-/m1/s1. The third-order valence-electron chi connectivity index (χ3n) is 3.29. The minimum atomic E-state index is -1.28. The van der Waals surface area contributed by atoms with Crippen LogP contribution in [0.2, 0.25) is 5.28 Å². The number of aliphatic hydroxyl groups is 3. The zero-order chi connectivity index (χ0) is 15.1. The van der Waals surface area contributed by atoms with Crippen LogP contribution < -0.4 is 5.48 Å². The van der Waals surface area contributed by atoms with Crippen LogP contribution in [-0.2, 0) is 4.74 Å². The van der Waals surface area contributed by atoms with Gasteiger partial charge in [-0.2, -0.15) is 9.97 Å². The number of hydrogen-bond donors (Lipinski definition) is 5. The van der Waals surface area contributed by atoms with Crippen molar-refractivity contribution in [3.8, 4) is 0 Å². The van der Waals surface area contributed by atoms with Crippen LogP contribution in [0.5, 0.6) is 0 Å². The lowest BCUT2D eigenvalue weighted by Gasteiger charge is -2.16. The van der Waals surface area contributed by atoms with Crippen LogP contribution in [0.1, 0.15) is 6.23 Å². The van der Waals surface area contributed by atoms with E-state index in [1.165, 1.54) is 10.9 Å². The Morgan fingerprint density at radius 3 is 2.71 bits per heavy atom. The Hall–Kier alpha value is -1.56. The second kappa shape index (κ2) is 5.33. The highest BCUT2D eigenvalue weighted by Crippen LogP contribution is 2.32. The summed E-state index contributed by atoms with van der Waals surface area (Å²) in [5.41, 5.74) is 2.25. The molecule has 3 rings (SSSR count). The molecule has 0 radical (unpaired) electrons. The Bertz CT molecular complexity index is 667. The molecule has 21 heavy (non-hydrogen) atoms. The molecule has 0 amide bonds. The van der Waals surface area contributed by atoms with Gasteiger partial charge < -0.3 is 20.1 Å². The van der Waals surface area contributed by atoms with Gasteiger partial charge in [-0.15, -0.1) is 0 Å². The number of nitrogens with one attached hydrogen (secondary N) is 1. The van der Waals surface area contributed by atoms with Gasteiger partial charge in [-0.3, -0.25) is 15.3 Å². The maximum atomic E-state index is 10.0. The number of ether oxygens (including phenoxy) is 1. The SMILES string of the molecule is OC[C@H]1O[C@@H](n2cnc3c(NO)nc(Cl)nc32)[C@H](O)[C@@H]1O. The van der Waals surface area contributed by atoms with Gasteiger partial charge in [0, 0.05) is 0 Å². The van der Waals surface area contributed by atoms with E-state index in [9.17, 15) is 10.2 Å². The molecule has 3 heterocycles. The number of aliphatic hydroxyl groups excluding tert-OH is 3. The molecule has 114 valence electrons. The van der Waals surface area contributed by atoms with E-state index >= 15 is 0 Å². The smallest absolute Gasteiger partial charge is 0.226 e. The summed E-state index contributed by atoms with van der Waals surface area (Å²) in [5, 5.41) is 37.7. The van der Waals surface area contributed by atoms with E-state index in [0.717, 1.165) is 0 Å². The van der Waals surface area contributed by atoms with Crippen molar-refractivity contribution in [2.75, 3.05) is 12.1 Å². The maximum absolute atomic E-state index is 10.0. The topological polar surface area (TPSA) is 146 Å². The second-order valence-corrected chi connectivity index (χ2v) is 4.84. The summed E-state index contributed by atoms with van der Waals surface area (Å²) in [6.07, 6.45) is -3.14. The van der Waals surface area contributed by atoms with E-state index < -0.39 is 31.1 Å². The van der Waals surface area contributed by atoms with E-state index in [1.54, 1.807) is 0 Å². The molecule has 1 aliphatic rings. The summed E-state index contributed by atoms with van der Waals surface area (Å²) in [4.78, 5) is 11.7. The van der Waals surface area contributed by atoms with Crippen LogP contribution >= 0.6 is 11.6 Å². The average molecular weight is 318 g/mol. The molecule has 2 aromatic rings. The van der Waals surface area contributed by atoms with Crippen LogP contribution in [0.3, 0.4) is 0 Å². The Morgan fingerprint density at radius 1 is 1.33 bits per heavy atom. The Balaban J connectivity index is 2.07. The highest BCUT2D eigenvalue weighted by Gasteiger charge is 2.44. The van der Waals surface area contributed by atoms with Crippen molar-refractivity contribution in [1.29, 1.82) is 0 Å². The molecule has 1 saturated heterocycles. The van der Waals surface area contributed by atoms with Crippen molar-refractivity contribution in [3.05, 3.63) is 11.6 Å². The molecular weight excluding hydrogens is 306 g/mol. The molecule has 0 bridgehead atoms. The zero-order valence-electron chi connectivity index (χ0n) is 10.5. The van der Waals surface area contributed by atoms with Gasteiger partial charge in [0.2, 0.25) is 5.28 Å². The number of rotatable bonds is 3. The molecule has 11 heteroatoms.